The second kappa shape index (κ2) is 13.1. The van der Waals surface area contributed by atoms with Crippen LogP contribution in [-0.4, -0.2) is 47.9 Å². The lowest BCUT2D eigenvalue weighted by Crippen LogP contribution is -2.43. The molecule has 3 rings (SSSR count). The first-order valence-electron chi connectivity index (χ1n) is 11.0. The minimum Gasteiger partial charge on any atom is -0.382 e. The monoisotopic (exact) mass is 484 g/mol. The van der Waals surface area contributed by atoms with Gasteiger partial charge in [-0.1, -0.05) is 48.0 Å². The van der Waals surface area contributed by atoms with Crippen LogP contribution in [0.15, 0.2) is 72.1 Å². The van der Waals surface area contributed by atoms with Gasteiger partial charge in [0.15, 0.2) is 0 Å². The number of amides is 2. The predicted octanol–water partition coefficient (Wildman–Crippen LogP) is 5.50. The van der Waals surface area contributed by atoms with E-state index < -0.39 is 0 Å². The fourth-order valence-electron chi connectivity index (χ4n) is 3.42. The molecule has 5 nitrogen and oxygen atoms in total. The van der Waals surface area contributed by atoms with Gasteiger partial charge in [0, 0.05) is 41.8 Å². The van der Waals surface area contributed by atoms with E-state index in [1.807, 2.05) is 59.7 Å². The number of nitrogens with zero attached hydrogens (tertiary/aromatic N) is 2. The summed E-state index contributed by atoms with van der Waals surface area (Å²) in [6.07, 6.45) is 0.657. The standard InChI is InChI=1S/C26H29ClN2O3S/c1-2-32-16-7-15-28(26(31)22-11-13-23(27)14-12-22)20-25(30)29(19-24-10-6-17-33-24)18-21-8-4-3-5-9-21/h3-6,8-14,17H,2,7,15-16,18-20H2,1H3. The highest BCUT2D eigenvalue weighted by molar-refractivity contribution is 7.09. The van der Waals surface area contributed by atoms with Crippen molar-refractivity contribution in [3.05, 3.63) is 93.1 Å². The lowest BCUT2D eigenvalue weighted by Gasteiger charge is -2.28. The minimum atomic E-state index is -0.188. The minimum absolute atomic E-state index is 0.00575. The van der Waals surface area contributed by atoms with Gasteiger partial charge < -0.3 is 14.5 Å². The molecule has 0 fully saturated rings. The molecule has 7 heteroatoms. The molecule has 2 amide bonds. The molecule has 0 aliphatic rings. The van der Waals surface area contributed by atoms with Gasteiger partial charge in [0.25, 0.3) is 5.91 Å². The van der Waals surface area contributed by atoms with Crippen molar-refractivity contribution in [3.8, 4) is 0 Å². The summed E-state index contributed by atoms with van der Waals surface area (Å²) >= 11 is 7.60. The molecular weight excluding hydrogens is 456 g/mol. The molecular formula is C26H29ClN2O3S. The Morgan fingerprint density at radius 1 is 0.939 bits per heavy atom. The fraction of sp³-hybridized carbons (Fsp3) is 0.308. The number of halogens is 1. The molecule has 0 atom stereocenters. The second-order valence-corrected chi connectivity index (χ2v) is 9.07. The molecule has 0 spiro atoms. The third-order valence-electron chi connectivity index (χ3n) is 5.12. The molecule has 0 N–H and O–H groups in total. The molecule has 1 aromatic heterocycles. The topological polar surface area (TPSA) is 49.9 Å². The number of hydrogen-bond acceptors (Lipinski definition) is 4. The van der Waals surface area contributed by atoms with Gasteiger partial charge in [0.1, 0.15) is 6.54 Å². The van der Waals surface area contributed by atoms with Crippen molar-refractivity contribution in [1.29, 1.82) is 0 Å². The Labute approximate surface area is 204 Å². The third-order valence-corrected chi connectivity index (χ3v) is 6.23. The fourth-order valence-corrected chi connectivity index (χ4v) is 4.26. The van der Waals surface area contributed by atoms with Gasteiger partial charge in [-0.15, -0.1) is 11.3 Å². The number of ether oxygens (including phenoxy) is 1. The first-order valence-corrected chi connectivity index (χ1v) is 12.3. The first kappa shape index (κ1) is 25.0. The van der Waals surface area contributed by atoms with Crippen LogP contribution in [0.3, 0.4) is 0 Å². The van der Waals surface area contributed by atoms with Crippen LogP contribution in [-0.2, 0) is 22.6 Å². The molecule has 0 radical (unpaired) electrons. The van der Waals surface area contributed by atoms with Crippen molar-refractivity contribution in [2.45, 2.75) is 26.4 Å². The number of carbonyl (C=O) groups is 2. The van der Waals surface area contributed by atoms with Crippen LogP contribution < -0.4 is 0 Å². The van der Waals surface area contributed by atoms with Gasteiger partial charge in [-0.05, 0) is 54.6 Å². The molecule has 0 saturated carbocycles. The molecule has 0 bridgehead atoms. The van der Waals surface area contributed by atoms with E-state index in [9.17, 15) is 9.59 Å². The molecule has 0 aliphatic carbocycles. The summed E-state index contributed by atoms with van der Waals surface area (Å²) in [7, 11) is 0. The quantitative estimate of drug-likeness (QED) is 0.319. The molecule has 174 valence electrons. The summed E-state index contributed by atoms with van der Waals surface area (Å²) in [5.74, 6) is -0.279. The van der Waals surface area contributed by atoms with Crippen LogP contribution in [0.2, 0.25) is 5.02 Å². The Kier molecular flexibility index (Phi) is 9.94. The van der Waals surface area contributed by atoms with Gasteiger partial charge in [-0.3, -0.25) is 9.59 Å². The maximum Gasteiger partial charge on any atom is 0.254 e. The third kappa shape index (κ3) is 8.00. The van der Waals surface area contributed by atoms with E-state index in [4.69, 9.17) is 16.3 Å². The van der Waals surface area contributed by atoms with Gasteiger partial charge in [-0.25, -0.2) is 0 Å². The second-order valence-electron chi connectivity index (χ2n) is 7.60. The van der Waals surface area contributed by atoms with Crippen molar-refractivity contribution in [1.82, 2.24) is 9.80 Å². The molecule has 33 heavy (non-hydrogen) atoms. The van der Waals surface area contributed by atoms with Crippen molar-refractivity contribution >= 4 is 34.8 Å². The van der Waals surface area contributed by atoms with E-state index in [1.54, 1.807) is 40.5 Å². The number of hydrogen-bond donors (Lipinski definition) is 0. The van der Waals surface area contributed by atoms with Crippen LogP contribution in [0.5, 0.6) is 0 Å². The van der Waals surface area contributed by atoms with Crippen molar-refractivity contribution in [2.75, 3.05) is 26.3 Å². The Hall–Kier alpha value is -2.67. The van der Waals surface area contributed by atoms with E-state index in [1.165, 1.54) is 0 Å². The van der Waals surface area contributed by atoms with Crippen molar-refractivity contribution < 1.29 is 14.3 Å². The van der Waals surface area contributed by atoms with Crippen LogP contribution >= 0.6 is 22.9 Å². The Bertz CT molecular complexity index is 994. The Morgan fingerprint density at radius 3 is 2.36 bits per heavy atom. The van der Waals surface area contributed by atoms with Gasteiger partial charge >= 0.3 is 0 Å². The largest absolute Gasteiger partial charge is 0.382 e. The first-order chi connectivity index (χ1) is 16.1. The van der Waals surface area contributed by atoms with Gasteiger partial charge in [0.05, 0.1) is 6.54 Å². The summed E-state index contributed by atoms with van der Waals surface area (Å²) in [4.78, 5) is 31.2. The number of thiophene rings is 1. The summed E-state index contributed by atoms with van der Waals surface area (Å²) in [5, 5.41) is 2.57. The van der Waals surface area contributed by atoms with Crippen LogP contribution in [0.1, 0.15) is 34.1 Å². The smallest absolute Gasteiger partial charge is 0.254 e. The number of benzene rings is 2. The zero-order valence-electron chi connectivity index (χ0n) is 18.8. The number of rotatable bonds is 12. The van der Waals surface area contributed by atoms with E-state index >= 15 is 0 Å². The van der Waals surface area contributed by atoms with Crippen molar-refractivity contribution in [3.63, 3.8) is 0 Å². The zero-order valence-corrected chi connectivity index (χ0v) is 20.4. The van der Waals surface area contributed by atoms with Crippen molar-refractivity contribution in [2.24, 2.45) is 0 Å². The lowest BCUT2D eigenvalue weighted by molar-refractivity contribution is -0.133. The van der Waals surface area contributed by atoms with E-state index in [0.29, 0.717) is 49.9 Å². The maximum atomic E-state index is 13.4. The average Bonchev–Trinajstić information content (AvgIpc) is 3.34. The molecule has 3 aromatic rings. The summed E-state index contributed by atoms with van der Waals surface area (Å²) in [6, 6.07) is 20.7. The summed E-state index contributed by atoms with van der Waals surface area (Å²) in [5.41, 5.74) is 1.56. The van der Waals surface area contributed by atoms with Crippen LogP contribution in [0.4, 0.5) is 0 Å². The molecule has 0 unspecified atom stereocenters. The maximum absolute atomic E-state index is 13.4. The zero-order chi connectivity index (χ0) is 23.5. The van der Waals surface area contributed by atoms with Crippen LogP contribution in [0, 0.1) is 0 Å². The lowest BCUT2D eigenvalue weighted by atomic mass is 10.2. The summed E-state index contributed by atoms with van der Waals surface area (Å²) < 4.78 is 5.44. The summed E-state index contributed by atoms with van der Waals surface area (Å²) in [6.45, 7) is 4.53. The highest BCUT2D eigenvalue weighted by Crippen LogP contribution is 2.17. The Balaban J connectivity index is 1.76. The highest BCUT2D eigenvalue weighted by atomic mass is 35.5. The molecule has 1 heterocycles. The molecule has 0 aliphatic heterocycles. The van der Waals surface area contributed by atoms with Gasteiger partial charge in [0.2, 0.25) is 5.91 Å². The predicted molar refractivity (Wildman–Crippen MR) is 133 cm³/mol. The van der Waals surface area contributed by atoms with Crippen LogP contribution in [0.25, 0.3) is 0 Å². The SMILES string of the molecule is CCOCCCN(CC(=O)N(Cc1ccccc1)Cc1cccs1)C(=O)c1ccc(Cl)cc1. The van der Waals surface area contributed by atoms with Gasteiger partial charge in [-0.2, -0.15) is 0 Å². The molecule has 0 saturated heterocycles. The number of carbonyl (C=O) groups excluding carboxylic acids is 2. The van der Waals surface area contributed by atoms with E-state index in [-0.39, 0.29) is 18.4 Å². The average molecular weight is 485 g/mol. The van der Waals surface area contributed by atoms with E-state index in [0.717, 1.165) is 10.4 Å². The van der Waals surface area contributed by atoms with E-state index in [2.05, 4.69) is 0 Å². The molecule has 2 aromatic carbocycles. The normalized spacial score (nSPS) is 10.7. The highest BCUT2D eigenvalue weighted by Gasteiger charge is 2.23. The Morgan fingerprint density at radius 2 is 1.70 bits per heavy atom.